The van der Waals surface area contributed by atoms with Crippen molar-refractivity contribution in [3.63, 3.8) is 0 Å². The van der Waals surface area contributed by atoms with E-state index in [0.29, 0.717) is 17.0 Å². The average molecular weight is 194 g/mol. The number of hydrogen-bond acceptors (Lipinski definition) is 4. The van der Waals surface area contributed by atoms with Crippen LogP contribution in [0.4, 0.5) is 0 Å². The van der Waals surface area contributed by atoms with Crippen LogP contribution >= 0.6 is 0 Å². The van der Waals surface area contributed by atoms with E-state index in [2.05, 4.69) is 9.97 Å². The highest BCUT2D eigenvalue weighted by molar-refractivity contribution is 5.91. The summed E-state index contributed by atoms with van der Waals surface area (Å²) >= 11 is 0. The van der Waals surface area contributed by atoms with Crippen LogP contribution in [0.5, 0.6) is 0 Å². The molecule has 0 aliphatic heterocycles. The van der Waals surface area contributed by atoms with Gasteiger partial charge < -0.3 is 4.74 Å². The van der Waals surface area contributed by atoms with Gasteiger partial charge in [-0.2, -0.15) is 0 Å². The maximum Gasteiger partial charge on any atom is 0.342 e. The fourth-order valence-electron chi connectivity index (χ4n) is 1.16. The lowest BCUT2D eigenvalue weighted by atomic mass is 10.2. The highest BCUT2D eigenvalue weighted by Gasteiger charge is 2.16. The van der Waals surface area contributed by atoms with Crippen LogP contribution in [0.15, 0.2) is 6.33 Å². The van der Waals surface area contributed by atoms with Gasteiger partial charge in [-0.05, 0) is 27.7 Å². The van der Waals surface area contributed by atoms with Gasteiger partial charge in [0.1, 0.15) is 11.9 Å². The molecule has 0 aromatic carbocycles. The number of carbonyl (C=O) groups excluding carboxylic acids is 1. The van der Waals surface area contributed by atoms with Crippen molar-refractivity contribution in [3.8, 4) is 0 Å². The first-order valence-corrected chi connectivity index (χ1v) is 4.51. The van der Waals surface area contributed by atoms with Gasteiger partial charge in [-0.15, -0.1) is 0 Å². The molecule has 1 aromatic rings. The van der Waals surface area contributed by atoms with Gasteiger partial charge in [-0.1, -0.05) is 0 Å². The highest BCUT2D eigenvalue weighted by atomic mass is 16.5. The topological polar surface area (TPSA) is 52.1 Å². The molecule has 0 bridgehead atoms. The van der Waals surface area contributed by atoms with E-state index >= 15 is 0 Å². The van der Waals surface area contributed by atoms with E-state index in [1.807, 2.05) is 13.8 Å². The summed E-state index contributed by atoms with van der Waals surface area (Å²) in [6.07, 6.45) is 1.32. The first-order valence-electron chi connectivity index (χ1n) is 4.51. The lowest BCUT2D eigenvalue weighted by Gasteiger charge is -2.10. The number of rotatable bonds is 2. The van der Waals surface area contributed by atoms with Gasteiger partial charge in [-0.25, -0.2) is 14.8 Å². The van der Waals surface area contributed by atoms with Gasteiger partial charge in [0, 0.05) is 0 Å². The Kier molecular flexibility index (Phi) is 3.17. The molecule has 4 heteroatoms. The van der Waals surface area contributed by atoms with Crippen LogP contribution < -0.4 is 0 Å². The summed E-state index contributed by atoms with van der Waals surface area (Å²) in [6, 6.07) is 0. The molecule has 0 radical (unpaired) electrons. The number of aryl methyl sites for hydroxylation is 2. The summed E-state index contributed by atoms with van der Waals surface area (Å²) < 4.78 is 5.08. The van der Waals surface area contributed by atoms with Crippen LogP contribution in [0.2, 0.25) is 0 Å². The Labute approximate surface area is 83.3 Å². The minimum absolute atomic E-state index is 0.124. The maximum absolute atomic E-state index is 11.6. The average Bonchev–Trinajstić information content (AvgIpc) is 2.01. The van der Waals surface area contributed by atoms with Crippen LogP contribution in [-0.2, 0) is 4.74 Å². The highest BCUT2D eigenvalue weighted by Crippen LogP contribution is 2.10. The normalized spacial score (nSPS) is 10.4. The molecule has 0 amide bonds. The minimum atomic E-state index is -0.351. The van der Waals surface area contributed by atoms with E-state index in [-0.39, 0.29) is 12.1 Å². The number of carbonyl (C=O) groups is 1. The van der Waals surface area contributed by atoms with E-state index in [1.54, 1.807) is 13.8 Å². The summed E-state index contributed by atoms with van der Waals surface area (Å²) in [6.45, 7) is 7.16. The van der Waals surface area contributed by atoms with Gasteiger partial charge in [0.2, 0.25) is 0 Å². The number of hydrogen-bond donors (Lipinski definition) is 0. The van der Waals surface area contributed by atoms with Gasteiger partial charge in [0.25, 0.3) is 0 Å². The molecule has 0 aliphatic carbocycles. The molecule has 0 saturated carbocycles. The Bertz CT molecular complexity index is 328. The predicted octanol–water partition coefficient (Wildman–Crippen LogP) is 1.66. The van der Waals surface area contributed by atoms with Crippen molar-refractivity contribution < 1.29 is 9.53 Å². The van der Waals surface area contributed by atoms with Crippen molar-refractivity contribution in [2.75, 3.05) is 0 Å². The molecule has 1 heterocycles. The third-order valence-corrected chi connectivity index (χ3v) is 1.77. The first-order chi connectivity index (χ1) is 6.52. The zero-order valence-electron chi connectivity index (χ0n) is 8.87. The molecular formula is C10H14N2O2. The Balaban J connectivity index is 3.00. The molecule has 0 saturated heterocycles. The van der Waals surface area contributed by atoms with Crippen LogP contribution in [-0.4, -0.2) is 22.0 Å². The second-order valence-electron chi connectivity index (χ2n) is 3.37. The molecule has 0 unspecified atom stereocenters. The van der Waals surface area contributed by atoms with Crippen molar-refractivity contribution in [1.29, 1.82) is 0 Å². The lowest BCUT2D eigenvalue weighted by Crippen LogP contribution is -2.15. The van der Waals surface area contributed by atoms with Crippen molar-refractivity contribution in [2.24, 2.45) is 0 Å². The van der Waals surface area contributed by atoms with Gasteiger partial charge >= 0.3 is 5.97 Å². The van der Waals surface area contributed by atoms with Gasteiger partial charge in [-0.3, -0.25) is 0 Å². The Morgan fingerprint density at radius 1 is 1.29 bits per heavy atom. The molecule has 0 N–H and O–H groups in total. The zero-order chi connectivity index (χ0) is 10.7. The summed E-state index contributed by atoms with van der Waals surface area (Å²) in [5.74, 6) is -0.351. The quantitative estimate of drug-likeness (QED) is 0.672. The second-order valence-corrected chi connectivity index (χ2v) is 3.37. The number of nitrogens with zero attached hydrogens (tertiary/aromatic N) is 2. The lowest BCUT2D eigenvalue weighted by molar-refractivity contribution is 0.0375. The van der Waals surface area contributed by atoms with E-state index in [0.717, 1.165) is 0 Å². The predicted molar refractivity (Wildman–Crippen MR) is 52.1 cm³/mol. The number of aromatic nitrogens is 2. The standard InChI is InChI=1S/C10H14N2O2/c1-6(2)14-10(13)9-7(3)11-5-12-8(9)4/h5-6H,1-4H3. The minimum Gasteiger partial charge on any atom is -0.459 e. The summed E-state index contributed by atoms with van der Waals surface area (Å²) in [5, 5.41) is 0. The summed E-state index contributed by atoms with van der Waals surface area (Å²) in [7, 11) is 0. The van der Waals surface area contributed by atoms with E-state index in [4.69, 9.17) is 4.74 Å². The SMILES string of the molecule is Cc1ncnc(C)c1C(=O)OC(C)C. The molecular weight excluding hydrogens is 180 g/mol. The van der Waals surface area contributed by atoms with Crippen LogP contribution in [0.3, 0.4) is 0 Å². The summed E-state index contributed by atoms with van der Waals surface area (Å²) in [5.41, 5.74) is 1.78. The largest absolute Gasteiger partial charge is 0.459 e. The fraction of sp³-hybridized carbons (Fsp3) is 0.500. The maximum atomic E-state index is 11.6. The summed E-state index contributed by atoms with van der Waals surface area (Å²) in [4.78, 5) is 19.5. The molecule has 0 aliphatic rings. The number of esters is 1. The van der Waals surface area contributed by atoms with Crippen molar-refractivity contribution in [2.45, 2.75) is 33.8 Å². The molecule has 1 aromatic heterocycles. The van der Waals surface area contributed by atoms with Gasteiger partial charge in [0.05, 0.1) is 17.5 Å². The van der Waals surface area contributed by atoms with Crippen molar-refractivity contribution in [3.05, 3.63) is 23.3 Å². The first kappa shape index (κ1) is 10.6. The molecule has 14 heavy (non-hydrogen) atoms. The third-order valence-electron chi connectivity index (χ3n) is 1.77. The Hall–Kier alpha value is -1.45. The molecule has 0 fully saturated rings. The van der Waals surface area contributed by atoms with E-state index < -0.39 is 0 Å². The van der Waals surface area contributed by atoms with Crippen LogP contribution in [0, 0.1) is 13.8 Å². The van der Waals surface area contributed by atoms with Crippen LogP contribution in [0.25, 0.3) is 0 Å². The molecule has 0 spiro atoms. The molecule has 76 valence electrons. The number of ether oxygens (including phenoxy) is 1. The fourth-order valence-corrected chi connectivity index (χ4v) is 1.16. The molecule has 1 rings (SSSR count). The Morgan fingerprint density at radius 2 is 1.79 bits per heavy atom. The van der Waals surface area contributed by atoms with Crippen molar-refractivity contribution in [1.82, 2.24) is 9.97 Å². The van der Waals surface area contributed by atoms with E-state index in [1.165, 1.54) is 6.33 Å². The Morgan fingerprint density at radius 3 is 2.21 bits per heavy atom. The molecule has 0 atom stereocenters. The zero-order valence-corrected chi connectivity index (χ0v) is 8.87. The van der Waals surface area contributed by atoms with Crippen LogP contribution in [0.1, 0.15) is 35.6 Å². The third kappa shape index (κ3) is 2.28. The van der Waals surface area contributed by atoms with Crippen molar-refractivity contribution >= 4 is 5.97 Å². The smallest absolute Gasteiger partial charge is 0.342 e. The van der Waals surface area contributed by atoms with Gasteiger partial charge in [0.15, 0.2) is 0 Å². The second kappa shape index (κ2) is 4.17. The van der Waals surface area contributed by atoms with E-state index in [9.17, 15) is 4.79 Å². The molecule has 4 nitrogen and oxygen atoms in total. The monoisotopic (exact) mass is 194 g/mol.